The van der Waals surface area contributed by atoms with Crippen LogP contribution in [0.4, 0.5) is 4.39 Å². The highest BCUT2D eigenvalue weighted by molar-refractivity contribution is 5.94. The fraction of sp³-hybridized carbons (Fsp3) is 0.300. The fourth-order valence-corrected chi connectivity index (χ4v) is 3.46. The van der Waals surface area contributed by atoms with Crippen molar-refractivity contribution in [1.82, 2.24) is 30.0 Å². The summed E-state index contributed by atoms with van der Waals surface area (Å²) in [7, 11) is 0. The molecule has 3 aromatic rings. The van der Waals surface area contributed by atoms with Crippen molar-refractivity contribution in [2.45, 2.75) is 13.0 Å². The Kier molecular flexibility index (Phi) is 5.12. The molecule has 0 aliphatic carbocycles. The van der Waals surface area contributed by atoms with Crippen LogP contribution in [-0.2, 0) is 0 Å². The van der Waals surface area contributed by atoms with Gasteiger partial charge in [0.05, 0.1) is 11.7 Å². The number of rotatable bonds is 4. The molecule has 0 bridgehead atoms. The molecular weight excluding hydrogens is 359 g/mol. The molecule has 0 spiro atoms. The number of hydrogen-bond donors (Lipinski definition) is 0. The maximum Gasteiger partial charge on any atom is 0.253 e. The molecule has 1 saturated heterocycles. The van der Waals surface area contributed by atoms with E-state index >= 15 is 0 Å². The zero-order valence-electron chi connectivity index (χ0n) is 15.6. The van der Waals surface area contributed by atoms with Gasteiger partial charge in [-0.2, -0.15) is 4.68 Å². The standard InChI is InChI=1S/C20H21FN6O/c1-15(19-22-23-24-27(19)18-5-3-2-4-6-18)25-11-13-26(14-12-25)20(28)16-7-9-17(21)10-8-16/h2-10,15H,11-14H2,1H3. The zero-order valence-corrected chi connectivity index (χ0v) is 15.6. The fourth-order valence-electron chi connectivity index (χ4n) is 3.46. The van der Waals surface area contributed by atoms with Gasteiger partial charge in [0.15, 0.2) is 5.82 Å². The first-order valence-corrected chi connectivity index (χ1v) is 9.26. The highest BCUT2D eigenvalue weighted by Crippen LogP contribution is 2.22. The van der Waals surface area contributed by atoms with Gasteiger partial charge in [0, 0.05) is 31.7 Å². The smallest absolute Gasteiger partial charge is 0.253 e. The maximum atomic E-state index is 13.1. The van der Waals surface area contributed by atoms with Gasteiger partial charge in [-0.25, -0.2) is 4.39 Å². The second kappa shape index (κ2) is 7.85. The van der Waals surface area contributed by atoms with E-state index in [4.69, 9.17) is 0 Å². The molecule has 7 nitrogen and oxygen atoms in total. The van der Waals surface area contributed by atoms with Crippen molar-refractivity contribution >= 4 is 5.91 Å². The molecule has 2 heterocycles. The molecule has 1 amide bonds. The van der Waals surface area contributed by atoms with Crippen LogP contribution in [0.15, 0.2) is 54.6 Å². The molecule has 144 valence electrons. The van der Waals surface area contributed by atoms with E-state index in [2.05, 4.69) is 27.3 Å². The Balaban J connectivity index is 1.42. The molecule has 0 saturated carbocycles. The second-order valence-corrected chi connectivity index (χ2v) is 6.80. The summed E-state index contributed by atoms with van der Waals surface area (Å²) in [6, 6.07) is 15.5. The van der Waals surface area contributed by atoms with E-state index in [-0.39, 0.29) is 17.8 Å². The van der Waals surface area contributed by atoms with Crippen molar-refractivity contribution in [1.29, 1.82) is 0 Å². The Labute approximate surface area is 162 Å². The van der Waals surface area contributed by atoms with Crippen molar-refractivity contribution in [3.8, 4) is 5.69 Å². The third-order valence-electron chi connectivity index (χ3n) is 5.11. The number of para-hydroxylation sites is 1. The Bertz CT molecular complexity index is 935. The lowest BCUT2D eigenvalue weighted by atomic mass is 10.1. The topological polar surface area (TPSA) is 67.2 Å². The lowest BCUT2D eigenvalue weighted by Gasteiger charge is -2.37. The number of aromatic nitrogens is 4. The van der Waals surface area contributed by atoms with Crippen LogP contribution in [0, 0.1) is 5.82 Å². The molecule has 1 atom stereocenters. The Morgan fingerprint density at radius 3 is 2.36 bits per heavy atom. The minimum Gasteiger partial charge on any atom is -0.336 e. The molecule has 1 aromatic heterocycles. The van der Waals surface area contributed by atoms with E-state index in [0.29, 0.717) is 18.7 Å². The number of hydrogen-bond acceptors (Lipinski definition) is 5. The number of nitrogens with zero attached hydrogens (tertiary/aromatic N) is 6. The van der Waals surface area contributed by atoms with Gasteiger partial charge in [-0.15, -0.1) is 5.10 Å². The summed E-state index contributed by atoms with van der Waals surface area (Å²) in [6.45, 7) is 4.72. The van der Waals surface area contributed by atoms with Gasteiger partial charge in [0.2, 0.25) is 0 Å². The average Bonchev–Trinajstić information content (AvgIpc) is 3.24. The summed E-state index contributed by atoms with van der Waals surface area (Å²) in [6.07, 6.45) is 0. The molecule has 4 rings (SSSR count). The first kappa shape index (κ1) is 18.2. The summed E-state index contributed by atoms with van der Waals surface area (Å²) < 4.78 is 14.8. The van der Waals surface area contributed by atoms with E-state index in [1.54, 1.807) is 9.58 Å². The van der Waals surface area contributed by atoms with Crippen molar-refractivity contribution in [3.05, 3.63) is 71.8 Å². The monoisotopic (exact) mass is 380 g/mol. The summed E-state index contributed by atoms with van der Waals surface area (Å²) in [5.74, 6) is 0.359. The van der Waals surface area contributed by atoms with Crippen molar-refractivity contribution < 1.29 is 9.18 Å². The molecule has 2 aromatic carbocycles. The van der Waals surface area contributed by atoms with E-state index in [1.807, 2.05) is 30.3 Å². The lowest BCUT2D eigenvalue weighted by molar-refractivity contribution is 0.0573. The van der Waals surface area contributed by atoms with Gasteiger partial charge in [0.1, 0.15) is 5.82 Å². The van der Waals surface area contributed by atoms with Crippen molar-refractivity contribution in [2.24, 2.45) is 0 Å². The normalized spacial score (nSPS) is 16.1. The Morgan fingerprint density at radius 2 is 1.68 bits per heavy atom. The van der Waals surface area contributed by atoms with Crippen LogP contribution >= 0.6 is 0 Å². The van der Waals surface area contributed by atoms with Crippen LogP contribution in [0.2, 0.25) is 0 Å². The van der Waals surface area contributed by atoms with E-state index in [0.717, 1.165) is 24.6 Å². The van der Waals surface area contributed by atoms with Crippen molar-refractivity contribution in [2.75, 3.05) is 26.2 Å². The molecule has 1 fully saturated rings. The number of halogens is 1. The Morgan fingerprint density at radius 1 is 1.00 bits per heavy atom. The predicted octanol–water partition coefficient (Wildman–Crippen LogP) is 2.32. The number of carbonyl (C=O) groups is 1. The Hall–Kier alpha value is -3.13. The molecule has 8 heteroatoms. The first-order chi connectivity index (χ1) is 13.6. The highest BCUT2D eigenvalue weighted by atomic mass is 19.1. The number of benzene rings is 2. The van der Waals surface area contributed by atoms with Gasteiger partial charge in [-0.1, -0.05) is 18.2 Å². The van der Waals surface area contributed by atoms with Crippen LogP contribution in [0.1, 0.15) is 29.1 Å². The third-order valence-corrected chi connectivity index (χ3v) is 5.11. The average molecular weight is 380 g/mol. The molecule has 1 unspecified atom stereocenters. The summed E-state index contributed by atoms with van der Waals surface area (Å²) in [5, 5.41) is 12.2. The zero-order chi connectivity index (χ0) is 19.5. The molecular formula is C20H21FN6O. The number of amides is 1. The first-order valence-electron chi connectivity index (χ1n) is 9.26. The molecule has 28 heavy (non-hydrogen) atoms. The largest absolute Gasteiger partial charge is 0.336 e. The molecule has 1 aliphatic rings. The van der Waals surface area contributed by atoms with Gasteiger partial charge in [-0.3, -0.25) is 9.69 Å². The van der Waals surface area contributed by atoms with Crippen LogP contribution in [0.3, 0.4) is 0 Å². The third kappa shape index (κ3) is 3.63. The van der Waals surface area contributed by atoms with Crippen LogP contribution < -0.4 is 0 Å². The van der Waals surface area contributed by atoms with E-state index < -0.39 is 0 Å². The van der Waals surface area contributed by atoms with E-state index in [1.165, 1.54) is 24.3 Å². The summed E-state index contributed by atoms with van der Waals surface area (Å²) >= 11 is 0. The second-order valence-electron chi connectivity index (χ2n) is 6.80. The number of piperazine rings is 1. The van der Waals surface area contributed by atoms with Crippen LogP contribution in [0.25, 0.3) is 5.69 Å². The van der Waals surface area contributed by atoms with Gasteiger partial charge < -0.3 is 4.90 Å². The lowest BCUT2D eigenvalue weighted by Crippen LogP contribution is -2.49. The number of carbonyl (C=O) groups excluding carboxylic acids is 1. The minimum atomic E-state index is -0.341. The summed E-state index contributed by atoms with van der Waals surface area (Å²) in [5.41, 5.74) is 1.43. The highest BCUT2D eigenvalue weighted by Gasteiger charge is 2.28. The SMILES string of the molecule is CC(c1nnnn1-c1ccccc1)N1CCN(C(=O)c2ccc(F)cc2)CC1. The van der Waals surface area contributed by atoms with Crippen LogP contribution in [-0.4, -0.2) is 62.1 Å². The summed E-state index contributed by atoms with van der Waals surface area (Å²) in [4.78, 5) is 16.7. The maximum absolute atomic E-state index is 13.1. The molecule has 0 radical (unpaired) electrons. The quantitative estimate of drug-likeness (QED) is 0.695. The number of tetrazole rings is 1. The van der Waals surface area contributed by atoms with Crippen molar-refractivity contribution in [3.63, 3.8) is 0 Å². The van der Waals surface area contributed by atoms with Gasteiger partial charge in [0.25, 0.3) is 5.91 Å². The van der Waals surface area contributed by atoms with E-state index in [9.17, 15) is 9.18 Å². The molecule has 1 aliphatic heterocycles. The minimum absolute atomic E-state index is 0.0123. The van der Waals surface area contributed by atoms with Crippen LogP contribution in [0.5, 0.6) is 0 Å². The van der Waals surface area contributed by atoms with Gasteiger partial charge in [-0.05, 0) is 53.7 Å². The predicted molar refractivity (Wildman–Crippen MR) is 101 cm³/mol. The molecule has 0 N–H and O–H groups in total. The van der Waals surface area contributed by atoms with Gasteiger partial charge >= 0.3 is 0 Å².